The average Bonchev–Trinajstić information content (AvgIpc) is 2.27. The van der Waals surface area contributed by atoms with Gasteiger partial charge in [0.1, 0.15) is 0 Å². The van der Waals surface area contributed by atoms with Crippen molar-refractivity contribution in [2.24, 2.45) is 17.6 Å². The number of ketones is 1. The number of carbonyl (C=O) groups excluding carboxylic acids is 1. The van der Waals surface area contributed by atoms with Gasteiger partial charge in [0.15, 0.2) is 5.78 Å². The summed E-state index contributed by atoms with van der Waals surface area (Å²) in [5, 5.41) is 0. The highest BCUT2D eigenvalue weighted by Gasteiger charge is 2.24. The van der Waals surface area contributed by atoms with Gasteiger partial charge in [0.05, 0.1) is 0 Å². The molecule has 0 amide bonds. The van der Waals surface area contributed by atoms with Gasteiger partial charge in [-0.15, -0.1) is 0 Å². The Morgan fingerprint density at radius 1 is 1.26 bits per heavy atom. The minimum atomic E-state index is -0.0841. The Labute approximate surface area is 117 Å². The van der Waals surface area contributed by atoms with E-state index in [0.717, 1.165) is 11.1 Å². The molecule has 0 aliphatic carbocycles. The predicted molar refractivity (Wildman–Crippen MR) is 81.6 cm³/mol. The molecule has 0 radical (unpaired) electrons. The predicted octanol–water partition coefficient (Wildman–Crippen LogP) is 3.71. The average molecular weight is 261 g/mol. The maximum atomic E-state index is 12.5. The first-order valence-corrected chi connectivity index (χ1v) is 7.04. The maximum absolute atomic E-state index is 12.5. The van der Waals surface area contributed by atoms with E-state index in [-0.39, 0.29) is 23.0 Å². The van der Waals surface area contributed by atoms with Crippen LogP contribution in [0.5, 0.6) is 0 Å². The van der Waals surface area contributed by atoms with E-state index >= 15 is 0 Å². The van der Waals surface area contributed by atoms with Gasteiger partial charge in [0.25, 0.3) is 0 Å². The lowest BCUT2D eigenvalue weighted by atomic mass is 9.82. The number of Topliss-reactive ketones (excluding diaryl/α,β-unsaturated/α-hetero) is 1. The zero-order valence-corrected chi connectivity index (χ0v) is 13.1. The Morgan fingerprint density at radius 2 is 1.84 bits per heavy atom. The second-order valence-corrected chi connectivity index (χ2v) is 6.73. The molecule has 19 heavy (non-hydrogen) atoms. The summed E-state index contributed by atoms with van der Waals surface area (Å²) >= 11 is 0. The minimum absolute atomic E-state index is 0.0841. The van der Waals surface area contributed by atoms with Crippen LogP contribution in [0.3, 0.4) is 0 Å². The molecule has 0 bridgehead atoms. The van der Waals surface area contributed by atoms with E-state index in [9.17, 15) is 4.79 Å². The summed E-state index contributed by atoms with van der Waals surface area (Å²) in [6.07, 6.45) is 0. The van der Waals surface area contributed by atoms with E-state index in [1.54, 1.807) is 0 Å². The van der Waals surface area contributed by atoms with E-state index in [4.69, 9.17) is 5.73 Å². The van der Waals surface area contributed by atoms with Crippen molar-refractivity contribution >= 4 is 5.78 Å². The maximum Gasteiger partial charge on any atom is 0.167 e. The van der Waals surface area contributed by atoms with Crippen molar-refractivity contribution in [3.63, 3.8) is 0 Å². The highest BCUT2D eigenvalue weighted by atomic mass is 16.1. The number of nitrogens with two attached hydrogens (primary N) is 1. The molecule has 0 fully saturated rings. The summed E-state index contributed by atoms with van der Waals surface area (Å²) in [6, 6.07) is 6.15. The Bertz CT molecular complexity index is 455. The molecule has 1 unspecified atom stereocenters. The molecule has 2 N–H and O–H groups in total. The lowest BCUT2D eigenvalue weighted by Crippen LogP contribution is -2.29. The first-order valence-electron chi connectivity index (χ1n) is 7.04. The standard InChI is InChI=1S/C17H27NO/c1-11(2)15(10-18)16(19)14-8-7-13(9-12(14)3)17(4,5)6/h7-9,11,15H,10,18H2,1-6H3. The Kier molecular flexibility index (Phi) is 4.92. The zero-order chi connectivity index (χ0) is 14.8. The quantitative estimate of drug-likeness (QED) is 0.840. The number of carbonyl (C=O) groups is 1. The van der Waals surface area contributed by atoms with Crippen molar-refractivity contribution in [2.45, 2.75) is 47.0 Å². The first kappa shape index (κ1) is 15.9. The van der Waals surface area contributed by atoms with Crippen molar-refractivity contribution in [3.8, 4) is 0 Å². The Balaban J connectivity index is 3.13. The topological polar surface area (TPSA) is 43.1 Å². The third-order valence-corrected chi connectivity index (χ3v) is 3.75. The van der Waals surface area contributed by atoms with Crippen LogP contribution in [-0.4, -0.2) is 12.3 Å². The van der Waals surface area contributed by atoms with Gasteiger partial charge in [0.2, 0.25) is 0 Å². The molecule has 0 aliphatic rings. The van der Waals surface area contributed by atoms with Crippen LogP contribution in [0.1, 0.15) is 56.1 Å². The Morgan fingerprint density at radius 3 is 2.21 bits per heavy atom. The smallest absolute Gasteiger partial charge is 0.167 e. The van der Waals surface area contributed by atoms with E-state index in [1.165, 1.54) is 5.56 Å². The van der Waals surface area contributed by atoms with Crippen LogP contribution < -0.4 is 5.73 Å². The van der Waals surface area contributed by atoms with Crippen molar-refractivity contribution < 1.29 is 4.79 Å². The number of aryl methyl sites for hydroxylation is 1. The van der Waals surface area contributed by atoms with Gasteiger partial charge in [-0.2, -0.15) is 0 Å². The normalized spacial score (nSPS) is 13.7. The highest BCUT2D eigenvalue weighted by Crippen LogP contribution is 2.26. The number of benzene rings is 1. The van der Waals surface area contributed by atoms with Crippen molar-refractivity contribution in [1.82, 2.24) is 0 Å². The van der Waals surface area contributed by atoms with E-state index < -0.39 is 0 Å². The summed E-state index contributed by atoms with van der Waals surface area (Å²) in [5.74, 6) is 0.369. The summed E-state index contributed by atoms with van der Waals surface area (Å²) in [7, 11) is 0. The van der Waals surface area contributed by atoms with Crippen LogP contribution in [0.25, 0.3) is 0 Å². The van der Waals surface area contributed by atoms with Crippen molar-refractivity contribution in [3.05, 3.63) is 34.9 Å². The van der Waals surface area contributed by atoms with Crippen LogP contribution in [-0.2, 0) is 5.41 Å². The van der Waals surface area contributed by atoms with Gasteiger partial charge >= 0.3 is 0 Å². The molecule has 0 saturated heterocycles. The van der Waals surface area contributed by atoms with Crippen LogP contribution in [0.15, 0.2) is 18.2 Å². The third kappa shape index (κ3) is 3.66. The minimum Gasteiger partial charge on any atom is -0.330 e. The molecule has 0 aromatic heterocycles. The van der Waals surface area contributed by atoms with Gasteiger partial charge in [-0.3, -0.25) is 4.79 Å². The fourth-order valence-corrected chi connectivity index (χ4v) is 2.29. The lowest BCUT2D eigenvalue weighted by Gasteiger charge is -2.22. The summed E-state index contributed by atoms with van der Waals surface area (Å²) in [4.78, 5) is 12.5. The van der Waals surface area contributed by atoms with Crippen LogP contribution in [0, 0.1) is 18.8 Å². The van der Waals surface area contributed by atoms with E-state index in [2.05, 4.69) is 32.9 Å². The largest absolute Gasteiger partial charge is 0.330 e. The molecule has 1 aromatic rings. The molecule has 1 rings (SSSR count). The van der Waals surface area contributed by atoms with Gasteiger partial charge in [0, 0.05) is 18.0 Å². The summed E-state index contributed by atoms with van der Waals surface area (Å²) < 4.78 is 0. The van der Waals surface area contributed by atoms with E-state index in [0.29, 0.717) is 6.54 Å². The van der Waals surface area contributed by atoms with Crippen LogP contribution in [0.2, 0.25) is 0 Å². The van der Waals surface area contributed by atoms with Gasteiger partial charge in [-0.05, 0) is 29.4 Å². The molecule has 2 nitrogen and oxygen atoms in total. The van der Waals surface area contributed by atoms with Gasteiger partial charge < -0.3 is 5.73 Å². The van der Waals surface area contributed by atoms with Crippen LogP contribution >= 0.6 is 0 Å². The second-order valence-electron chi connectivity index (χ2n) is 6.73. The molecule has 0 spiro atoms. The first-order chi connectivity index (χ1) is 8.68. The Hall–Kier alpha value is -1.15. The molecule has 106 valence electrons. The monoisotopic (exact) mass is 261 g/mol. The fourth-order valence-electron chi connectivity index (χ4n) is 2.29. The van der Waals surface area contributed by atoms with E-state index in [1.807, 2.05) is 26.8 Å². The number of hydrogen-bond donors (Lipinski definition) is 1. The number of rotatable bonds is 4. The molecular weight excluding hydrogens is 234 g/mol. The fraction of sp³-hybridized carbons (Fsp3) is 0.588. The molecule has 1 aromatic carbocycles. The van der Waals surface area contributed by atoms with Gasteiger partial charge in [-0.1, -0.05) is 52.8 Å². The molecule has 2 heteroatoms. The van der Waals surface area contributed by atoms with Crippen molar-refractivity contribution in [1.29, 1.82) is 0 Å². The second kappa shape index (κ2) is 5.87. The molecule has 0 aliphatic heterocycles. The highest BCUT2D eigenvalue weighted by molar-refractivity contribution is 5.99. The molecular formula is C17H27NO. The molecule has 1 atom stereocenters. The summed E-state index contributed by atoms with van der Waals surface area (Å²) in [6.45, 7) is 13.1. The van der Waals surface area contributed by atoms with Crippen molar-refractivity contribution in [2.75, 3.05) is 6.54 Å². The zero-order valence-electron chi connectivity index (χ0n) is 13.1. The summed E-state index contributed by atoms with van der Waals surface area (Å²) in [5.41, 5.74) is 8.98. The van der Waals surface area contributed by atoms with Crippen LogP contribution in [0.4, 0.5) is 0 Å². The molecule has 0 heterocycles. The SMILES string of the molecule is Cc1cc(C(C)(C)C)ccc1C(=O)C(CN)C(C)C. The molecule has 0 saturated carbocycles. The van der Waals surface area contributed by atoms with Gasteiger partial charge in [-0.25, -0.2) is 0 Å². The lowest BCUT2D eigenvalue weighted by molar-refractivity contribution is 0.0891. The third-order valence-electron chi connectivity index (χ3n) is 3.75. The number of hydrogen-bond acceptors (Lipinski definition) is 2.